The molecule has 1 aromatic heterocycles. The number of aromatic nitrogens is 1. The summed E-state index contributed by atoms with van der Waals surface area (Å²) in [5, 5.41) is 3.78. The van der Waals surface area contributed by atoms with Gasteiger partial charge >= 0.3 is 0 Å². The number of hydrogen-bond donors (Lipinski definition) is 1. The van der Waals surface area contributed by atoms with Gasteiger partial charge in [0.1, 0.15) is 5.69 Å². The predicted octanol–water partition coefficient (Wildman–Crippen LogP) is 4.18. The average Bonchev–Trinajstić information content (AvgIpc) is 2.85. The van der Waals surface area contributed by atoms with Crippen molar-refractivity contribution in [2.24, 2.45) is 0 Å². The fourth-order valence-corrected chi connectivity index (χ4v) is 2.17. The Balaban J connectivity index is 2.22. The number of aryl methyl sites for hydroxylation is 1. The SMILES string of the molecule is Cc1ccc(-c2c(-c3cccc(F)c3F)noc2N)cc1. The Kier molecular flexibility index (Phi) is 3.17. The number of hydrogen-bond acceptors (Lipinski definition) is 3. The van der Waals surface area contributed by atoms with Crippen molar-refractivity contribution in [3.05, 3.63) is 59.7 Å². The number of halogens is 2. The van der Waals surface area contributed by atoms with E-state index in [1.54, 1.807) is 0 Å². The van der Waals surface area contributed by atoms with Crippen molar-refractivity contribution in [2.75, 3.05) is 5.73 Å². The van der Waals surface area contributed by atoms with E-state index in [0.29, 0.717) is 5.56 Å². The van der Waals surface area contributed by atoms with Gasteiger partial charge in [0.05, 0.1) is 5.56 Å². The highest BCUT2D eigenvalue weighted by Gasteiger charge is 2.21. The van der Waals surface area contributed by atoms with Crippen LogP contribution in [0, 0.1) is 18.6 Å². The first-order chi connectivity index (χ1) is 10.1. The molecule has 2 N–H and O–H groups in total. The third-order valence-corrected chi connectivity index (χ3v) is 3.27. The lowest BCUT2D eigenvalue weighted by Crippen LogP contribution is -1.92. The van der Waals surface area contributed by atoms with Gasteiger partial charge in [0.25, 0.3) is 0 Å². The van der Waals surface area contributed by atoms with Gasteiger partial charge in [-0.05, 0) is 24.6 Å². The summed E-state index contributed by atoms with van der Waals surface area (Å²) in [4.78, 5) is 0. The van der Waals surface area contributed by atoms with Gasteiger partial charge in [0.2, 0.25) is 5.88 Å². The molecule has 5 heteroatoms. The van der Waals surface area contributed by atoms with Crippen LogP contribution in [0.25, 0.3) is 22.4 Å². The first kappa shape index (κ1) is 13.3. The molecule has 0 aliphatic heterocycles. The molecular formula is C16H12F2N2O. The molecule has 0 amide bonds. The molecule has 0 aliphatic rings. The lowest BCUT2D eigenvalue weighted by molar-refractivity contribution is 0.438. The normalized spacial score (nSPS) is 10.8. The van der Waals surface area contributed by atoms with E-state index >= 15 is 0 Å². The highest BCUT2D eigenvalue weighted by atomic mass is 19.2. The Bertz CT molecular complexity index is 795. The lowest BCUT2D eigenvalue weighted by atomic mass is 9.99. The molecule has 0 aliphatic carbocycles. The second-order valence-corrected chi connectivity index (χ2v) is 4.74. The Morgan fingerprint density at radius 2 is 1.76 bits per heavy atom. The fraction of sp³-hybridized carbons (Fsp3) is 0.0625. The van der Waals surface area contributed by atoms with Gasteiger partial charge in [0, 0.05) is 5.56 Å². The van der Waals surface area contributed by atoms with Crippen LogP contribution in [0.1, 0.15) is 5.56 Å². The van der Waals surface area contributed by atoms with E-state index in [4.69, 9.17) is 10.3 Å². The summed E-state index contributed by atoms with van der Waals surface area (Å²) >= 11 is 0. The molecule has 2 aromatic carbocycles. The van der Waals surface area contributed by atoms with Crippen LogP contribution in [0.15, 0.2) is 47.0 Å². The van der Waals surface area contributed by atoms with Crippen LogP contribution in [0.5, 0.6) is 0 Å². The van der Waals surface area contributed by atoms with Gasteiger partial charge in [0.15, 0.2) is 11.6 Å². The maximum absolute atomic E-state index is 14.0. The highest BCUT2D eigenvalue weighted by Crippen LogP contribution is 2.37. The summed E-state index contributed by atoms with van der Waals surface area (Å²) < 4.78 is 32.3. The first-order valence-electron chi connectivity index (χ1n) is 6.34. The smallest absolute Gasteiger partial charge is 0.230 e. The number of rotatable bonds is 2. The monoisotopic (exact) mass is 286 g/mol. The Labute approximate surface area is 120 Å². The van der Waals surface area contributed by atoms with Crippen LogP contribution >= 0.6 is 0 Å². The van der Waals surface area contributed by atoms with Gasteiger partial charge in [-0.1, -0.05) is 41.1 Å². The van der Waals surface area contributed by atoms with E-state index in [1.165, 1.54) is 12.1 Å². The van der Waals surface area contributed by atoms with Crippen LogP contribution in [-0.4, -0.2) is 5.16 Å². The number of nitrogen functional groups attached to an aromatic ring is 1. The summed E-state index contributed by atoms with van der Waals surface area (Å²) in [6, 6.07) is 11.4. The molecule has 3 rings (SSSR count). The van der Waals surface area contributed by atoms with Crippen molar-refractivity contribution in [1.29, 1.82) is 0 Å². The molecule has 106 valence electrons. The maximum Gasteiger partial charge on any atom is 0.230 e. The molecule has 3 aromatic rings. The zero-order valence-corrected chi connectivity index (χ0v) is 11.2. The van der Waals surface area contributed by atoms with Crippen LogP contribution in [0.2, 0.25) is 0 Å². The third kappa shape index (κ3) is 2.27. The molecule has 0 saturated carbocycles. The minimum atomic E-state index is -0.973. The summed E-state index contributed by atoms with van der Waals surface area (Å²) in [6.45, 7) is 1.95. The van der Waals surface area contributed by atoms with Crippen LogP contribution in [0.3, 0.4) is 0 Å². The molecule has 3 nitrogen and oxygen atoms in total. The molecule has 21 heavy (non-hydrogen) atoms. The fourth-order valence-electron chi connectivity index (χ4n) is 2.17. The van der Waals surface area contributed by atoms with E-state index in [-0.39, 0.29) is 17.1 Å². The van der Waals surface area contributed by atoms with Crippen molar-refractivity contribution in [3.63, 3.8) is 0 Å². The summed E-state index contributed by atoms with van der Waals surface area (Å²) in [5.74, 6) is -1.85. The second kappa shape index (κ2) is 5.01. The Morgan fingerprint density at radius 1 is 1.05 bits per heavy atom. The van der Waals surface area contributed by atoms with Crippen molar-refractivity contribution < 1.29 is 13.3 Å². The van der Waals surface area contributed by atoms with Gasteiger partial charge in [-0.3, -0.25) is 0 Å². The summed E-state index contributed by atoms with van der Waals surface area (Å²) in [7, 11) is 0. The minimum Gasteiger partial charge on any atom is -0.367 e. The molecule has 0 bridgehead atoms. The zero-order valence-electron chi connectivity index (χ0n) is 11.2. The Hall–Kier alpha value is -2.69. The molecule has 0 atom stereocenters. The number of benzene rings is 2. The zero-order chi connectivity index (χ0) is 15.0. The van der Waals surface area contributed by atoms with Crippen LogP contribution in [0.4, 0.5) is 14.7 Å². The molecule has 1 heterocycles. The van der Waals surface area contributed by atoms with Crippen molar-refractivity contribution in [2.45, 2.75) is 6.92 Å². The number of nitrogens with two attached hydrogens (primary N) is 1. The van der Waals surface area contributed by atoms with Gasteiger partial charge in [-0.15, -0.1) is 0 Å². The average molecular weight is 286 g/mol. The lowest BCUT2D eigenvalue weighted by Gasteiger charge is -2.05. The minimum absolute atomic E-state index is 0.0195. The van der Waals surface area contributed by atoms with E-state index in [0.717, 1.165) is 17.2 Å². The largest absolute Gasteiger partial charge is 0.367 e. The quantitative estimate of drug-likeness (QED) is 0.769. The third-order valence-electron chi connectivity index (χ3n) is 3.27. The molecule has 0 fully saturated rings. The molecular weight excluding hydrogens is 274 g/mol. The van der Waals surface area contributed by atoms with Gasteiger partial charge < -0.3 is 10.3 Å². The molecule has 0 spiro atoms. The number of nitrogens with zero attached hydrogens (tertiary/aromatic N) is 1. The van der Waals surface area contributed by atoms with Gasteiger partial charge in [-0.25, -0.2) is 8.78 Å². The second-order valence-electron chi connectivity index (χ2n) is 4.74. The van der Waals surface area contributed by atoms with Crippen LogP contribution < -0.4 is 5.73 Å². The van der Waals surface area contributed by atoms with Crippen molar-refractivity contribution in [1.82, 2.24) is 5.16 Å². The van der Waals surface area contributed by atoms with E-state index < -0.39 is 11.6 Å². The molecule has 0 radical (unpaired) electrons. The Morgan fingerprint density at radius 3 is 2.48 bits per heavy atom. The topological polar surface area (TPSA) is 52.0 Å². The molecule has 0 unspecified atom stereocenters. The molecule has 0 saturated heterocycles. The summed E-state index contributed by atoms with van der Waals surface area (Å²) in [6.07, 6.45) is 0. The van der Waals surface area contributed by atoms with Crippen molar-refractivity contribution in [3.8, 4) is 22.4 Å². The van der Waals surface area contributed by atoms with E-state index in [9.17, 15) is 8.78 Å². The maximum atomic E-state index is 14.0. The van der Waals surface area contributed by atoms with E-state index in [2.05, 4.69) is 5.16 Å². The standard InChI is InChI=1S/C16H12F2N2O/c1-9-5-7-10(8-6-9)13-15(20-21-16(13)19)11-3-2-4-12(17)14(11)18/h2-8H,19H2,1H3. The van der Waals surface area contributed by atoms with E-state index in [1.807, 2.05) is 31.2 Å². The predicted molar refractivity (Wildman–Crippen MR) is 76.4 cm³/mol. The summed E-state index contributed by atoms with van der Waals surface area (Å²) in [5.41, 5.74) is 8.27. The van der Waals surface area contributed by atoms with Crippen molar-refractivity contribution >= 4 is 5.88 Å². The van der Waals surface area contributed by atoms with Crippen LogP contribution in [-0.2, 0) is 0 Å². The van der Waals surface area contributed by atoms with Gasteiger partial charge in [-0.2, -0.15) is 0 Å². The highest BCUT2D eigenvalue weighted by molar-refractivity contribution is 5.87. The number of anilines is 1. The first-order valence-corrected chi connectivity index (χ1v) is 6.34.